The SMILES string of the molecule is COc1ccc(-c2ccc(/C=C(\C#N)C(=O)Nc3cc(C)ccc3OC)o2)c([N+](=O)[O-])c1. The monoisotopic (exact) mass is 433 g/mol. The molecular formula is C23H19N3O6. The normalized spacial score (nSPS) is 10.9. The highest BCUT2D eigenvalue weighted by molar-refractivity contribution is 6.10. The summed E-state index contributed by atoms with van der Waals surface area (Å²) in [7, 11) is 2.89. The Hall–Kier alpha value is -4.58. The van der Waals surface area contributed by atoms with Crippen LogP contribution in [0.3, 0.4) is 0 Å². The Labute approximate surface area is 183 Å². The number of nitrogens with zero attached hydrogens (tertiary/aromatic N) is 2. The number of nitro groups is 1. The van der Waals surface area contributed by atoms with Crippen LogP contribution in [0.25, 0.3) is 17.4 Å². The molecule has 0 aliphatic heterocycles. The van der Waals surface area contributed by atoms with Crippen molar-refractivity contribution in [1.82, 2.24) is 0 Å². The van der Waals surface area contributed by atoms with Crippen LogP contribution in [0.15, 0.2) is 58.5 Å². The summed E-state index contributed by atoms with van der Waals surface area (Å²) in [5, 5.41) is 23.5. The van der Waals surface area contributed by atoms with Crippen molar-refractivity contribution < 1.29 is 23.6 Å². The summed E-state index contributed by atoms with van der Waals surface area (Å²) >= 11 is 0. The molecule has 1 heterocycles. The fourth-order valence-corrected chi connectivity index (χ4v) is 2.97. The third kappa shape index (κ3) is 4.76. The minimum absolute atomic E-state index is 0.188. The molecule has 3 aromatic rings. The number of furan rings is 1. The van der Waals surface area contributed by atoms with Gasteiger partial charge in [0.25, 0.3) is 11.6 Å². The summed E-state index contributed by atoms with van der Waals surface area (Å²) in [4.78, 5) is 23.5. The second-order valence-corrected chi connectivity index (χ2v) is 6.67. The smallest absolute Gasteiger partial charge is 0.284 e. The molecule has 0 aliphatic carbocycles. The third-order valence-electron chi connectivity index (χ3n) is 4.55. The highest BCUT2D eigenvalue weighted by atomic mass is 16.6. The molecule has 0 saturated carbocycles. The Morgan fingerprint density at radius 2 is 1.94 bits per heavy atom. The van der Waals surface area contributed by atoms with Gasteiger partial charge in [-0.2, -0.15) is 5.26 Å². The molecule has 0 aliphatic rings. The largest absolute Gasteiger partial charge is 0.497 e. The molecule has 32 heavy (non-hydrogen) atoms. The van der Waals surface area contributed by atoms with Gasteiger partial charge in [0, 0.05) is 6.08 Å². The van der Waals surface area contributed by atoms with Crippen molar-refractivity contribution in [3.8, 4) is 28.9 Å². The van der Waals surface area contributed by atoms with Crippen molar-refractivity contribution in [3.63, 3.8) is 0 Å². The van der Waals surface area contributed by atoms with Gasteiger partial charge in [0.1, 0.15) is 34.7 Å². The number of hydrogen-bond acceptors (Lipinski definition) is 7. The van der Waals surface area contributed by atoms with Gasteiger partial charge in [-0.15, -0.1) is 0 Å². The number of anilines is 1. The van der Waals surface area contributed by atoms with Crippen LogP contribution in [0, 0.1) is 28.4 Å². The van der Waals surface area contributed by atoms with Crippen LogP contribution in [0.2, 0.25) is 0 Å². The van der Waals surface area contributed by atoms with E-state index in [1.807, 2.05) is 19.1 Å². The number of nitro benzene ring substituents is 1. The number of nitriles is 1. The minimum atomic E-state index is -0.648. The van der Waals surface area contributed by atoms with Gasteiger partial charge in [0.05, 0.1) is 36.5 Å². The lowest BCUT2D eigenvalue weighted by atomic mass is 10.1. The Bertz CT molecular complexity index is 1250. The van der Waals surface area contributed by atoms with Crippen LogP contribution in [0.1, 0.15) is 11.3 Å². The molecule has 9 heteroatoms. The van der Waals surface area contributed by atoms with E-state index in [1.165, 1.54) is 44.6 Å². The summed E-state index contributed by atoms with van der Waals surface area (Å²) in [6.07, 6.45) is 1.26. The number of carbonyl (C=O) groups excluding carboxylic acids is 1. The quantitative estimate of drug-likeness (QED) is 0.247. The molecule has 0 bridgehead atoms. The maximum Gasteiger partial charge on any atom is 0.284 e. The first-order valence-electron chi connectivity index (χ1n) is 9.36. The first-order valence-corrected chi connectivity index (χ1v) is 9.36. The second-order valence-electron chi connectivity index (χ2n) is 6.67. The lowest BCUT2D eigenvalue weighted by molar-refractivity contribution is -0.384. The number of ether oxygens (including phenoxy) is 2. The average molecular weight is 433 g/mol. The van der Waals surface area contributed by atoms with Crippen molar-refractivity contribution in [3.05, 3.63) is 75.5 Å². The molecule has 0 fully saturated rings. The molecule has 1 amide bonds. The Balaban J connectivity index is 1.89. The number of nitrogens with one attached hydrogen (secondary N) is 1. The van der Waals surface area contributed by atoms with Crippen LogP contribution in [0.4, 0.5) is 11.4 Å². The predicted octanol–water partition coefficient (Wildman–Crippen LogP) is 4.73. The zero-order valence-electron chi connectivity index (χ0n) is 17.5. The summed E-state index contributed by atoms with van der Waals surface area (Å²) in [5.41, 5.74) is 1.16. The average Bonchev–Trinajstić information content (AvgIpc) is 3.25. The van der Waals surface area contributed by atoms with Crippen LogP contribution in [-0.4, -0.2) is 25.1 Å². The number of methoxy groups -OCH3 is 2. The molecule has 2 aromatic carbocycles. The lowest BCUT2D eigenvalue weighted by Gasteiger charge is -2.10. The molecule has 162 valence electrons. The number of rotatable bonds is 7. The zero-order valence-corrected chi connectivity index (χ0v) is 17.5. The topological polar surface area (TPSA) is 128 Å². The van der Waals surface area contributed by atoms with Crippen molar-refractivity contribution >= 4 is 23.4 Å². The van der Waals surface area contributed by atoms with E-state index in [1.54, 1.807) is 18.2 Å². The van der Waals surface area contributed by atoms with Crippen molar-refractivity contribution in [2.75, 3.05) is 19.5 Å². The highest BCUT2D eigenvalue weighted by Crippen LogP contribution is 2.34. The van der Waals surface area contributed by atoms with Crippen LogP contribution < -0.4 is 14.8 Å². The number of benzene rings is 2. The highest BCUT2D eigenvalue weighted by Gasteiger charge is 2.20. The van der Waals surface area contributed by atoms with E-state index < -0.39 is 10.8 Å². The summed E-state index contributed by atoms with van der Waals surface area (Å²) in [6, 6.07) is 14.5. The van der Waals surface area contributed by atoms with Gasteiger partial charge >= 0.3 is 0 Å². The molecule has 0 spiro atoms. The van der Waals surface area contributed by atoms with Crippen LogP contribution >= 0.6 is 0 Å². The molecule has 0 radical (unpaired) electrons. The van der Waals surface area contributed by atoms with E-state index in [4.69, 9.17) is 13.9 Å². The first kappa shape index (κ1) is 22.1. The van der Waals surface area contributed by atoms with Gasteiger partial charge in [-0.1, -0.05) is 6.07 Å². The van der Waals surface area contributed by atoms with E-state index in [2.05, 4.69) is 5.32 Å². The predicted molar refractivity (Wildman–Crippen MR) is 117 cm³/mol. The second kappa shape index (κ2) is 9.49. The van der Waals surface area contributed by atoms with Gasteiger partial charge in [-0.05, 0) is 48.9 Å². The van der Waals surface area contributed by atoms with Gasteiger partial charge in [0.15, 0.2) is 0 Å². The summed E-state index contributed by atoms with van der Waals surface area (Å²) in [5.74, 6) is 0.539. The van der Waals surface area contributed by atoms with Gasteiger partial charge < -0.3 is 19.2 Å². The van der Waals surface area contributed by atoms with Gasteiger partial charge in [-0.25, -0.2) is 0 Å². The van der Waals surface area contributed by atoms with E-state index in [0.717, 1.165) is 5.56 Å². The number of amides is 1. The maximum atomic E-state index is 12.6. The molecule has 1 aromatic heterocycles. The van der Waals surface area contributed by atoms with Crippen LogP contribution in [0.5, 0.6) is 11.5 Å². The zero-order chi connectivity index (χ0) is 23.3. The van der Waals surface area contributed by atoms with Crippen molar-refractivity contribution in [1.29, 1.82) is 5.26 Å². The standard InChI is InChI=1S/C23H19N3O6/c1-14-4-8-22(31-3)19(10-14)25-23(27)15(13-24)11-17-6-9-21(32-17)18-7-5-16(30-2)12-20(18)26(28)29/h4-12H,1-3H3,(H,25,27)/b15-11+. The summed E-state index contributed by atoms with van der Waals surface area (Å²) < 4.78 is 15.9. The van der Waals surface area contributed by atoms with E-state index in [0.29, 0.717) is 17.2 Å². The fourth-order valence-electron chi connectivity index (χ4n) is 2.97. The molecule has 3 rings (SSSR count). The van der Waals surface area contributed by atoms with Crippen molar-refractivity contribution in [2.24, 2.45) is 0 Å². The lowest BCUT2D eigenvalue weighted by Crippen LogP contribution is -2.14. The first-order chi connectivity index (χ1) is 15.4. The molecular weight excluding hydrogens is 414 g/mol. The van der Waals surface area contributed by atoms with Crippen molar-refractivity contribution in [2.45, 2.75) is 6.92 Å². The molecule has 0 unspecified atom stereocenters. The number of hydrogen-bond donors (Lipinski definition) is 1. The molecule has 0 atom stereocenters. The van der Waals surface area contributed by atoms with E-state index in [9.17, 15) is 20.2 Å². The molecule has 0 saturated heterocycles. The fraction of sp³-hybridized carbons (Fsp3) is 0.130. The minimum Gasteiger partial charge on any atom is -0.497 e. The van der Waals surface area contributed by atoms with Gasteiger partial charge in [0.2, 0.25) is 0 Å². The summed E-state index contributed by atoms with van der Waals surface area (Å²) in [6.45, 7) is 1.86. The number of carbonyl (C=O) groups is 1. The maximum absolute atomic E-state index is 12.6. The van der Waals surface area contributed by atoms with Crippen LogP contribution in [-0.2, 0) is 4.79 Å². The van der Waals surface area contributed by atoms with E-state index >= 15 is 0 Å². The Kier molecular flexibility index (Phi) is 6.56. The third-order valence-corrected chi connectivity index (χ3v) is 4.55. The number of aryl methyl sites for hydroxylation is 1. The molecule has 9 nitrogen and oxygen atoms in total. The Morgan fingerprint density at radius 1 is 1.16 bits per heavy atom. The van der Waals surface area contributed by atoms with Gasteiger partial charge in [-0.3, -0.25) is 14.9 Å². The molecule has 1 N–H and O–H groups in total. The van der Waals surface area contributed by atoms with E-state index in [-0.39, 0.29) is 28.3 Å². The Morgan fingerprint density at radius 3 is 2.59 bits per heavy atom.